The SMILES string of the molecule is Cc1cc(Oc2nnccc2C(=N)N)cc(C)c1Br. The molecule has 2 rings (SSSR count). The monoisotopic (exact) mass is 320 g/mol. The van der Waals surface area contributed by atoms with E-state index in [9.17, 15) is 0 Å². The maximum absolute atomic E-state index is 7.48. The predicted molar refractivity (Wildman–Crippen MR) is 76.7 cm³/mol. The number of nitrogens with zero attached hydrogens (tertiary/aromatic N) is 2. The van der Waals surface area contributed by atoms with Gasteiger partial charge in [0, 0.05) is 4.47 Å². The fourth-order valence-electron chi connectivity index (χ4n) is 1.68. The Morgan fingerprint density at radius 2 is 1.95 bits per heavy atom. The number of nitrogens with one attached hydrogen (secondary N) is 1. The first-order chi connectivity index (χ1) is 8.99. The van der Waals surface area contributed by atoms with Gasteiger partial charge in [-0.2, -0.15) is 5.10 Å². The zero-order chi connectivity index (χ0) is 14.0. The molecule has 0 spiro atoms. The van der Waals surface area contributed by atoms with E-state index in [1.54, 1.807) is 6.07 Å². The Morgan fingerprint density at radius 3 is 2.53 bits per heavy atom. The molecule has 1 heterocycles. The summed E-state index contributed by atoms with van der Waals surface area (Å²) in [6, 6.07) is 5.37. The molecule has 98 valence electrons. The van der Waals surface area contributed by atoms with Gasteiger partial charge in [-0.05, 0) is 43.2 Å². The van der Waals surface area contributed by atoms with Crippen LogP contribution in [0.15, 0.2) is 28.9 Å². The molecular weight excluding hydrogens is 308 g/mol. The van der Waals surface area contributed by atoms with Gasteiger partial charge in [0.25, 0.3) is 0 Å². The van der Waals surface area contributed by atoms with Gasteiger partial charge >= 0.3 is 0 Å². The summed E-state index contributed by atoms with van der Waals surface area (Å²) in [6.45, 7) is 3.96. The average Bonchev–Trinajstić information content (AvgIpc) is 2.36. The number of halogens is 1. The van der Waals surface area contributed by atoms with Crippen LogP contribution in [0.1, 0.15) is 16.7 Å². The second-order valence-corrected chi connectivity index (χ2v) is 4.93. The van der Waals surface area contributed by atoms with E-state index in [2.05, 4.69) is 26.1 Å². The number of hydrogen-bond acceptors (Lipinski definition) is 4. The Balaban J connectivity index is 2.39. The second kappa shape index (κ2) is 5.36. The third-order valence-corrected chi connectivity index (χ3v) is 3.85. The number of aryl methyl sites for hydroxylation is 2. The predicted octanol–water partition coefficient (Wildman–Crippen LogP) is 2.93. The zero-order valence-corrected chi connectivity index (χ0v) is 12.2. The molecule has 1 aromatic carbocycles. The minimum atomic E-state index is -0.101. The van der Waals surface area contributed by atoms with Crippen molar-refractivity contribution in [3.8, 4) is 11.6 Å². The van der Waals surface area contributed by atoms with Gasteiger partial charge in [-0.25, -0.2) is 0 Å². The van der Waals surface area contributed by atoms with Crippen LogP contribution >= 0.6 is 15.9 Å². The van der Waals surface area contributed by atoms with Crippen molar-refractivity contribution in [2.24, 2.45) is 5.73 Å². The molecule has 2 aromatic rings. The molecule has 5 nitrogen and oxygen atoms in total. The summed E-state index contributed by atoms with van der Waals surface area (Å²) in [5.41, 5.74) is 8.02. The molecule has 6 heteroatoms. The number of amidine groups is 1. The molecule has 19 heavy (non-hydrogen) atoms. The molecule has 0 aliphatic rings. The Labute approximate surface area is 119 Å². The summed E-state index contributed by atoms with van der Waals surface area (Å²) in [7, 11) is 0. The van der Waals surface area contributed by atoms with Gasteiger partial charge in [0.1, 0.15) is 11.6 Å². The van der Waals surface area contributed by atoms with Crippen molar-refractivity contribution >= 4 is 21.8 Å². The van der Waals surface area contributed by atoms with Crippen LogP contribution in [-0.2, 0) is 0 Å². The molecule has 0 saturated heterocycles. The molecule has 0 saturated carbocycles. The smallest absolute Gasteiger partial charge is 0.249 e. The number of hydrogen-bond donors (Lipinski definition) is 2. The Kier molecular flexibility index (Phi) is 3.80. The fraction of sp³-hybridized carbons (Fsp3) is 0.154. The van der Waals surface area contributed by atoms with Crippen LogP contribution in [0.5, 0.6) is 11.6 Å². The van der Waals surface area contributed by atoms with Crippen LogP contribution in [0.3, 0.4) is 0 Å². The van der Waals surface area contributed by atoms with Gasteiger partial charge in [0.15, 0.2) is 0 Å². The highest BCUT2D eigenvalue weighted by Gasteiger charge is 2.11. The Morgan fingerprint density at radius 1 is 1.32 bits per heavy atom. The van der Waals surface area contributed by atoms with Gasteiger partial charge in [-0.1, -0.05) is 15.9 Å². The number of aromatic nitrogens is 2. The fourth-order valence-corrected chi connectivity index (χ4v) is 1.90. The highest BCUT2D eigenvalue weighted by Crippen LogP contribution is 2.29. The van der Waals surface area contributed by atoms with Gasteiger partial charge in [0.2, 0.25) is 5.88 Å². The maximum Gasteiger partial charge on any atom is 0.249 e. The molecule has 0 unspecified atom stereocenters. The summed E-state index contributed by atoms with van der Waals surface area (Å²) in [5.74, 6) is 0.771. The van der Waals surface area contributed by atoms with E-state index in [0.29, 0.717) is 11.3 Å². The van der Waals surface area contributed by atoms with Crippen molar-refractivity contribution in [3.05, 3.63) is 45.6 Å². The number of ether oxygens (including phenoxy) is 1. The summed E-state index contributed by atoms with van der Waals surface area (Å²) in [6.07, 6.45) is 1.47. The van der Waals surface area contributed by atoms with Crippen LogP contribution in [0.4, 0.5) is 0 Å². The lowest BCUT2D eigenvalue weighted by Gasteiger charge is -2.10. The van der Waals surface area contributed by atoms with Crippen molar-refractivity contribution in [2.75, 3.05) is 0 Å². The van der Waals surface area contributed by atoms with Gasteiger partial charge < -0.3 is 10.5 Å². The van der Waals surface area contributed by atoms with E-state index in [0.717, 1.165) is 15.6 Å². The van der Waals surface area contributed by atoms with E-state index in [-0.39, 0.29) is 11.7 Å². The normalized spacial score (nSPS) is 10.3. The van der Waals surface area contributed by atoms with Crippen molar-refractivity contribution in [3.63, 3.8) is 0 Å². The molecule has 3 N–H and O–H groups in total. The molecule has 1 aromatic heterocycles. The highest BCUT2D eigenvalue weighted by atomic mass is 79.9. The Bertz CT molecular complexity index is 619. The van der Waals surface area contributed by atoms with Crippen molar-refractivity contribution in [1.29, 1.82) is 5.41 Å². The van der Waals surface area contributed by atoms with Gasteiger partial charge in [0.05, 0.1) is 11.8 Å². The molecule has 0 aliphatic carbocycles. The highest BCUT2D eigenvalue weighted by molar-refractivity contribution is 9.10. The quantitative estimate of drug-likeness (QED) is 0.672. The van der Waals surface area contributed by atoms with E-state index < -0.39 is 0 Å². The van der Waals surface area contributed by atoms with Crippen LogP contribution in [0.25, 0.3) is 0 Å². The number of rotatable bonds is 3. The summed E-state index contributed by atoms with van der Waals surface area (Å²) >= 11 is 3.50. The van der Waals surface area contributed by atoms with Crippen molar-refractivity contribution in [1.82, 2.24) is 10.2 Å². The third-order valence-electron chi connectivity index (χ3n) is 2.60. The topological polar surface area (TPSA) is 84.9 Å². The second-order valence-electron chi connectivity index (χ2n) is 4.14. The van der Waals surface area contributed by atoms with Gasteiger partial charge in [-0.15, -0.1) is 5.10 Å². The van der Waals surface area contributed by atoms with E-state index in [1.807, 2.05) is 26.0 Å². The van der Waals surface area contributed by atoms with Crippen LogP contribution in [-0.4, -0.2) is 16.0 Å². The summed E-state index contributed by atoms with van der Waals surface area (Å²) in [4.78, 5) is 0. The van der Waals surface area contributed by atoms with Crippen molar-refractivity contribution in [2.45, 2.75) is 13.8 Å². The molecule has 0 atom stereocenters. The van der Waals surface area contributed by atoms with Crippen LogP contribution in [0.2, 0.25) is 0 Å². The lowest BCUT2D eigenvalue weighted by Crippen LogP contribution is -2.13. The number of nitrogens with two attached hydrogens (primary N) is 1. The Hall–Kier alpha value is -1.95. The van der Waals surface area contributed by atoms with Gasteiger partial charge in [-0.3, -0.25) is 5.41 Å². The molecule has 0 aliphatic heterocycles. The van der Waals surface area contributed by atoms with Crippen LogP contribution < -0.4 is 10.5 Å². The zero-order valence-electron chi connectivity index (χ0n) is 10.6. The third kappa shape index (κ3) is 2.90. The van der Waals surface area contributed by atoms with E-state index in [1.165, 1.54) is 6.20 Å². The number of benzene rings is 1. The standard InChI is InChI=1S/C13H13BrN4O/c1-7-5-9(6-8(2)11(7)14)19-13-10(12(15)16)3-4-17-18-13/h3-6H,1-2H3,(H3,15,16). The first-order valence-electron chi connectivity index (χ1n) is 5.59. The first-order valence-corrected chi connectivity index (χ1v) is 6.39. The van der Waals surface area contributed by atoms with E-state index in [4.69, 9.17) is 15.9 Å². The van der Waals surface area contributed by atoms with Crippen LogP contribution in [0, 0.1) is 19.3 Å². The molecular formula is C13H13BrN4O. The lowest BCUT2D eigenvalue weighted by molar-refractivity contribution is 0.453. The first kappa shape index (κ1) is 13.5. The molecule has 0 fully saturated rings. The van der Waals surface area contributed by atoms with E-state index >= 15 is 0 Å². The minimum Gasteiger partial charge on any atom is -0.437 e. The minimum absolute atomic E-state index is 0.101. The number of nitrogen functional groups attached to an aromatic ring is 1. The molecule has 0 bridgehead atoms. The summed E-state index contributed by atoms with van der Waals surface area (Å²) in [5, 5.41) is 15.1. The molecule has 0 radical (unpaired) electrons. The molecule has 0 amide bonds. The summed E-state index contributed by atoms with van der Waals surface area (Å²) < 4.78 is 6.72. The average molecular weight is 321 g/mol. The van der Waals surface area contributed by atoms with Crippen molar-refractivity contribution < 1.29 is 4.74 Å². The maximum atomic E-state index is 7.48. The lowest BCUT2D eigenvalue weighted by atomic mass is 10.1. The largest absolute Gasteiger partial charge is 0.437 e.